The van der Waals surface area contributed by atoms with Gasteiger partial charge in [0.2, 0.25) is 0 Å². The molecular weight excluding hydrogens is 230 g/mol. The highest BCUT2D eigenvalue weighted by atomic mass is 35.5. The smallest absolute Gasteiger partial charge is 0.0426 e. The molecule has 0 radical (unpaired) electrons. The Bertz CT molecular complexity index is 389. The van der Waals surface area contributed by atoms with Crippen LogP contribution in [0.1, 0.15) is 38.7 Å². The lowest BCUT2D eigenvalue weighted by Crippen LogP contribution is -2.30. The van der Waals surface area contributed by atoms with Gasteiger partial charge in [-0.15, -0.1) is 0 Å². The molecule has 1 N–H and O–H groups in total. The molecule has 0 aromatic heterocycles. The number of hydrogen-bond acceptors (Lipinski definition) is 1. The van der Waals surface area contributed by atoms with E-state index in [1.54, 1.807) is 0 Å². The first kappa shape index (κ1) is 12.8. The quantitative estimate of drug-likeness (QED) is 0.790. The summed E-state index contributed by atoms with van der Waals surface area (Å²) in [7, 11) is 0. The van der Waals surface area contributed by atoms with Gasteiger partial charge in [0, 0.05) is 16.8 Å². The van der Waals surface area contributed by atoms with E-state index in [4.69, 9.17) is 11.6 Å². The second-order valence-electron chi connectivity index (χ2n) is 5.57. The maximum atomic E-state index is 6.05. The number of anilines is 1. The van der Waals surface area contributed by atoms with Gasteiger partial charge in [0.1, 0.15) is 0 Å². The van der Waals surface area contributed by atoms with E-state index in [0.717, 1.165) is 16.9 Å². The number of nitrogens with one attached hydrogen (secondary N) is 1. The van der Waals surface area contributed by atoms with Crippen LogP contribution < -0.4 is 5.32 Å². The molecule has 1 aliphatic carbocycles. The molecule has 1 nitrogen and oxygen atoms in total. The van der Waals surface area contributed by atoms with Gasteiger partial charge in [-0.3, -0.25) is 0 Å². The highest BCUT2D eigenvalue weighted by Crippen LogP contribution is 2.32. The van der Waals surface area contributed by atoms with Gasteiger partial charge in [-0.2, -0.15) is 0 Å². The molecule has 1 aliphatic rings. The zero-order chi connectivity index (χ0) is 12.4. The lowest BCUT2D eigenvalue weighted by molar-refractivity contribution is 0.261. The van der Waals surface area contributed by atoms with Crippen LogP contribution in [0.2, 0.25) is 5.02 Å². The molecule has 3 atom stereocenters. The Morgan fingerprint density at radius 2 is 1.94 bits per heavy atom. The van der Waals surface area contributed by atoms with E-state index in [0.29, 0.717) is 6.04 Å². The van der Waals surface area contributed by atoms with Crippen molar-refractivity contribution < 1.29 is 0 Å². The van der Waals surface area contributed by atoms with Crippen LogP contribution in [0, 0.1) is 18.8 Å². The fraction of sp³-hybridized carbons (Fsp3) is 0.600. The van der Waals surface area contributed by atoms with Gasteiger partial charge in [0.05, 0.1) is 0 Å². The predicted molar refractivity (Wildman–Crippen MR) is 75.8 cm³/mol. The third-order valence-corrected chi connectivity index (χ3v) is 4.39. The molecule has 0 amide bonds. The summed E-state index contributed by atoms with van der Waals surface area (Å²) in [5.41, 5.74) is 2.48. The van der Waals surface area contributed by atoms with E-state index in [-0.39, 0.29) is 0 Å². The highest BCUT2D eigenvalue weighted by molar-refractivity contribution is 6.30. The van der Waals surface area contributed by atoms with E-state index < -0.39 is 0 Å². The largest absolute Gasteiger partial charge is 0.382 e. The van der Waals surface area contributed by atoms with Crippen LogP contribution in [0.4, 0.5) is 5.69 Å². The minimum Gasteiger partial charge on any atom is -0.382 e. The van der Waals surface area contributed by atoms with E-state index >= 15 is 0 Å². The minimum absolute atomic E-state index is 0.610. The summed E-state index contributed by atoms with van der Waals surface area (Å²) in [6.45, 7) is 6.86. The summed E-state index contributed by atoms with van der Waals surface area (Å²) in [6.07, 6.45) is 3.88. The molecule has 2 heteroatoms. The average molecular weight is 252 g/mol. The maximum absolute atomic E-state index is 6.05. The van der Waals surface area contributed by atoms with Crippen molar-refractivity contribution in [3.8, 4) is 0 Å². The van der Waals surface area contributed by atoms with Gasteiger partial charge in [-0.05, 0) is 55.7 Å². The van der Waals surface area contributed by atoms with Crippen LogP contribution in [0.25, 0.3) is 0 Å². The first-order valence-electron chi connectivity index (χ1n) is 6.59. The third kappa shape index (κ3) is 3.16. The van der Waals surface area contributed by atoms with Gasteiger partial charge in [-0.1, -0.05) is 31.5 Å². The first-order chi connectivity index (χ1) is 8.06. The molecular formula is C15H22ClN. The molecule has 0 heterocycles. The van der Waals surface area contributed by atoms with Crippen LogP contribution >= 0.6 is 11.6 Å². The van der Waals surface area contributed by atoms with Crippen molar-refractivity contribution in [2.45, 2.75) is 46.1 Å². The molecule has 1 saturated carbocycles. The molecule has 94 valence electrons. The molecule has 3 unspecified atom stereocenters. The van der Waals surface area contributed by atoms with Crippen molar-refractivity contribution in [1.29, 1.82) is 0 Å². The van der Waals surface area contributed by atoms with Crippen LogP contribution in [-0.4, -0.2) is 6.04 Å². The molecule has 2 rings (SSSR count). The van der Waals surface area contributed by atoms with Crippen molar-refractivity contribution in [1.82, 2.24) is 0 Å². The molecule has 0 aliphatic heterocycles. The summed E-state index contributed by atoms with van der Waals surface area (Å²) < 4.78 is 0. The maximum Gasteiger partial charge on any atom is 0.0426 e. The van der Waals surface area contributed by atoms with Crippen molar-refractivity contribution in [3.63, 3.8) is 0 Å². The Morgan fingerprint density at radius 3 is 2.65 bits per heavy atom. The number of benzene rings is 1. The normalized spacial score (nSPS) is 29.1. The standard InChI is InChI=1S/C15H22ClN/c1-10-5-7-14(8-12(10)3)17-15-9-13(16)6-4-11(15)2/h4,6,9-10,12,14,17H,5,7-8H2,1-3H3. The van der Waals surface area contributed by atoms with Crippen LogP contribution in [0.15, 0.2) is 18.2 Å². The van der Waals surface area contributed by atoms with E-state index in [2.05, 4.69) is 32.2 Å². The average Bonchev–Trinajstić information content (AvgIpc) is 2.29. The van der Waals surface area contributed by atoms with Crippen molar-refractivity contribution in [3.05, 3.63) is 28.8 Å². The van der Waals surface area contributed by atoms with Gasteiger partial charge >= 0.3 is 0 Å². The summed E-state index contributed by atoms with van der Waals surface area (Å²) in [6, 6.07) is 6.69. The lowest BCUT2D eigenvalue weighted by Gasteiger charge is -2.33. The third-order valence-electron chi connectivity index (χ3n) is 4.16. The number of hydrogen-bond donors (Lipinski definition) is 1. The van der Waals surface area contributed by atoms with Gasteiger partial charge < -0.3 is 5.32 Å². The van der Waals surface area contributed by atoms with Crippen LogP contribution in [0.3, 0.4) is 0 Å². The summed E-state index contributed by atoms with van der Waals surface area (Å²) >= 11 is 6.05. The second kappa shape index (κ2) is 5.30. The molecule has 0 saturated heterocycles. The van der Waals surface area contributed by atoms with E-state index in [9.17, 15) is 0 Å². The molecule has 0 spiro atoms. The van der Waals surface area contributed by atoms with Crippen molar-refractivity contribution >= 4 is 17.3 Å². The first-order valence-corrected chi connectivity index (χ1v) is 6.96. The van der Waals surface area contributed by atoms with Crippen LogP contribution in [-0.2, 0) is 0 Å². The van der Waals surface area contributed by atoms with E-state index in [1.165, 1.54) is 30.5 Å². The van der Waals surface area contributed by atoms with Gasteiger partial charge in [-0.25, -0.2) is 0 Å². The van der Waals surface area contributed by atoms with Crippen molar-refractivity contribution in [2.75, 3.05) is 5.32 Å². The Balaban J connectivity index is 2.03. The summed E-state index contributed by atoms with van der Waals surface area (Å²) in [5, 5.41) is 4.47. The predicted octanol–water partition coefficient (Wildman–Crippen LogP) is 4.89. The van der Waals surface area contributed by atoms with Crippen molar-refractivity contribution in [2.24, 2.45) is 11.8 Å². The Kier molecular flexibility index (Phi) is 3.98. The monoisotopic (exact) mass is 251 g/mol. The highest BCUT2D eigenvalue weighted by Gasteiger charge is 2.24. The number of halogens is 1. The minimum atomic E-state index is 0.610. The molecule has 1 aromatic carbocycles. The van der Waals surface area contributed by atoms with Gasteiger partial charge in [0.25, 0.3) is 0 Å². The molecule has 0 bridgehead atoms. The molecule has 1 aromatic rings. The molecule has 1 fully saturated rings. The fourth-order valence-corrected chi connectivity index (χ4v) is 2.82. The van der Waals surface area contributed by atoms with Gasteiger partial charge in [0.15, 0.2) is 0 Å². The second-order valence-corrected chi connectivity index (χ2v) is 6.00. The lowest BCUT2D eigenvalue weighted by atomic mass is 9.79. The zero-order valence-corrected chi connectivity index (χ0v) is 11.7. The number of rotatable bonds is 2. The Hall–Kier alpha value is -0.690. The Labute approximate surface area is 110 Å². The SMILES string of the molecule is Cc1ccc(Cl)cc1NC1CCC(C)C(C)C1. The summed E-state index contributed by atoms with van der Waals surface area (Å²) in [4.78, 5) is 0. The van der Waals surface area contributed by atoms with E-state index in [1.807, 2.05) is 12.1 Å². The topological polar surface area (TPSA) is 12.0 Å². The summed E-state index contributed by atoms with van der Waals surface area (Å²) in [5.74, 6) is 1.69. The van der Waals surface area contributed by atoms with Crippen LogP contribution in [0.5, 0.6) is 0 Å². The fourth-order valence-electron chi connectivity index (χ4n) is 2.65. The zero-order valence-electron chi connectivity index (χ0n) is 11.0. The Morgan fingerprint density at radius 1 is 1.18 bits per heavy atom. The number of aryl methyl sites for hydroxylation is 1. The molecule has 17 heavy (non-hydrogen) atoms.